The molecular formula is C29H35N2O+. The van der Waals surface area contributed by atoms with Crippen molar-refractivity contribution >= 4 is 16.7 Å². The number of piperidine rings is 3. The van der Waals surface area contributed by atoms with Crippen LogP contribution in [0.15, 0.2) is 72.8 Å². The number of carbonyl (C=O) groups excluding carboxylic acids is 1. The third-order valence-electron chi connectivity index (χ3n) is 7.88. The molecule has 1 amide bonds. The standard InChI is InChI=1S/C29H35N2O/c1-2-3-18-30(29(32)27-15-9-13-25-12-7-8-14-26(25)27)28-21-23-16-19-31(28,20-17-23)22-24-10-5-4-6-11-24/h4-15,23,28H,2-3,16-22H2,1H3/q+1/t23?,28-,31?/m0/s1. The predicted octanol–water partition coefficient (Wildman–Crippen LogP) is 6.24. The Kier molecular flexibility index (Phi) is 6.01. The Balaban J connectivity index is 1.53. The van der Waals surface area contributed by atoms with Crippen molar-refractivity contribution in [1.29, 1.82) is 0 Å². The zero-order chi connectivity index (χ0) is 22.0. The van der Waals surface area contributed by atoms with Crippen molar-refractivity contribution in [3.8, 4) is 0 Å². The fourth-order valence-corrected chi connectivity index (χ4v) is 6.11. The maximum atomic E-state index is 14.2. The lowest BCUT2D eigenvalue weighted by molar-refractivity contribution is -0.987. The summed E-state index contributed by atoms with van der Waals surface area (Å²) in [5, 5.41) is 2.22. The van der Waals surface area contributed by atoms with Gasteiger partial charge in [-0.15, -0.1) is 0 Å². The molecule has 0 aliphatic carbocycles. The largest absolute Gasteiger partial charge is 0.300 e. The van der Waals surface area contributed by atoms with Gasteiger partial charge in [-0.05, 0) is 42.0 Å². The SMILES string of the molecule is CCCCN(C(=O)c1cccc2ccccc12)[C@@H]1CC2CC[N+]1(Cc1ccccc1)CC2. The van der Waals surface area contributed by atoms with Crippen LogP contribution in [0.4, 0.5) is 0 Å². The van der Waals surface area contributed by atoms with Crippen LogP contribution in [-0.4, -0.2) is 41.1 Å². The highest BCUT2D eigenvalue weighted by atomic mass is 16.2. The quantitative estimate of drug-likeness (QED) is 0.409. The molecule has 0 radical (unpaired) electrons. The van der Waals surface area contributed by atoms with Crippen LogP contribution < -0.4 is 0 Å². The molecule has 32 heavy (non-hydrogen) atoms. The number of hydrogen-bond donors (Lipinski definition) is 0. The lowest BCUT2D eigenvalue weighted by atomic mass is 9.82. The topological polar surface area (TPSA) is 20.3 Å². The van der Waals surface area contributed by atoms with Gasteiger partial charge in [0.25, 0.3) is 5.91 Å². The summed E-state index contributed by atoms with van der Waals surface area (Å²) < 4.78 is 1.04. The Morgan fingerprint density at radius 1 is 0.938 bits per heavy atom. The second kappa shape index (κ2) is 9.07. The lowest BCUT2D eigenvalue weighted by Crippen LogP contribution is -2.69. The molecule has 3 saturated heterocycles. The van der Waals surface area contributed by atoms with Crippen molar-refractivity contribution in [3.63, 3.8) is 0 Å². The fraction of sp³-hybridized carbons (Fsp3) is 0.414. The van der Waals surface area contributed by atoms with Crippen molar-refractivity contribution in [1.82, 2.24) is 4.90 Å². The van der Waals surface area contributed by atoms with E-state index in [0.29, 0.717) is 0 Å². The number of quaternary nitrogens is 1. The van der Waals surface area contributed by atoms with Gasteiger partial charge in [-0.3, -0.25) is 9.69 Å². The molecular weight excluding hydrogens is 392 g/mol. The van der Waals surface area contributed by atoms with Gasteiger partial charge in [-0.1, -0.05) is 80.1 Å². The number of fused-ring (bicyclic) bond motifs is 4. The molecule has 6 rings (SSSR count). The van der Waals surface area contributed by atoms with Crippen LogP contribution in [0.1, 0.15) is 54.9 Å². The Morgan fingerprint density at radius 2 is 1.66 bits per heavy atom. The highest BCUT2D eigenvalue weighted by molar-refractivity contribution is 6.07. The zero-order valence-electron chi connectivity index (χ0n) is 19.2. The summed E-state index contributed by atoms with van der Waals surface area (Å²) in [6, 6.07) is 25.4. The van der Waals surface area contributed by atoms with Crippen LogP contribution >= 0.6 is 0 Å². The van der Waals surface area contributed by atoms with Crippen LogP contribution in [0.2, 0.25) is 0 Å². The van der Waals surface area contributed by atoms with Gasteiger partial charge in [0.15, 0.2) is 6.17 Å². The first kappa shape index (κ1) is 21.2. The Hall–Kier alpha value is -2.65. The van der Waals surface area contributed by atoms with Crippen LogP contribution in [-0.2, 0) is 6.54 Å². The fourth-order valence-electron chi connectivity index (χ4n) is 6.11. The molecule has 3 heterocycles. The van der Waals surface area contributed by atoms with E-state index in [4.69, 9.17) is 0 Å². The monoisotopic (exact) mass is 427 g/mol. The van der Waals surface area contributed by atoms with E-state index >= 15 is 0 Å². The van der Waals surface area contributed by atoms with E-state index in [1.54, 1.807) is 0 Å². The van der Waals surface area contributed by atoms with Gasteiger partial charge < -0.3 is 4.48 Å². The molecule has 2 bridgehead atoms. The smallest absolute Gasteiger partial charge is 0.258 e. The second-order valence-electron chi connectivity index (χ2n) is 9.85. The maximum Gasteiger partial charge on any atom is 0.258 e. The number of carbonyl (C=O) groups is 1. The summed E-state index contributed by atoms with van der Waals surface area (Å²) in [5.41, 5.74) is 2.26. The number of nitrogens with zero attached hydrogens (tertiary/aromatic N) is 2. The van der Waals surface area contributed by atoms with E-state index in [1.807, 2.05) is 18.2 Å². The molecule has 3 aromatic rings. The normalized spacial score (nSPS) is 24.5. The molecule has 3 aliphatic rings. The summed E-state index contributed by atoms with van der Waals surface area (Å²) in [7, 11) is 0. The lowest BCUT2D eigenvalue weighted by Gasteiger charge is -2.57. The Labute approximate surface area is 192 Å². The molecule has 3 aromatic carbocycles. The van der Waals surface area contributed by atoms with Gasteiger partial charge in [-0.2, -0.15) is 0 Å². The maximum absolute atomic E-state index is 14.2. The molecule has 0 aromatic heterocycles. The van der Waals surface area contributed by atoms with Crippen molar-refractivity contribution in [3.05, 3.63) is 83.9 Å². The van der Waals surface area contributed by atoms with E-state index in [-0.39, 0.29) is 12.1 Å². The van der Waals surface area contributed by atoms with Gasteiger partial charge in [0.05, 0.1) is 13.1 Å². The third-order valence-corrected chi connectivity index (χ3v) is 7.88. The average molecular weight is 428 g/mol. The molecule has 0 N–H and O–H groups in total. The summed E-state index contributed by atoms with van der Waals surface area (Å²) >= 11 is 0. The molecule has 0 unspecified atom stereocenters. The van der Waals surface area contributed by atoms with E-state index < -0.39 is 0 Å². The van der Waals surface area contributed by atoms with Gasteiger partial charge >= 0.3 is 0 Å². The first-order chi connectivity index (χ1) is 15.7. The summed E-state index contributed by atoms with van der Waals surface area (Å²) in [5.74, 6) is 0.985. The molecule has 3 nitrogen and oxygen atoms in total. The van der Waals surface area contributed by atoms with Crippen molar-refractivity contribution in [2.24, 2.45) is 5.92 Å². The number of amides is 1. The van der Waals surface area contributed by atoms with Crippen LogP contribution in [0, 0.1) is 5.92 Å². The van der Waals surface area contributed by atoms with Crippen molar-refractivity contribution in [2.45, 2.75) is 51.7 Å². The number of hydrogen-bond acceptors (Lipinski definition) is 1. The molecule has 1 atom stereocenters. The molecule has 0 saturated carbocycles. The Morgan fingerprint density at radius 3 is 2.44 bits per heavy atom. The number of rotatable bonds is 7. The van der Waals surface area contributed by atoms with Gasteiger partial charge in [0, 0.05) is 24.1 Å². The second-order valence-corrected chi connectivity index (χ2v) is 9.85. The highest BCUT2D eigenvalue weighted by Gasteiger charge is 2.51. The first-order valence-corrected chi connectivity index (χ1v) is 12.4. The van der Waals surface area contributed by atoms with E-state index in [0.717, 1.165) is 59.1 Å². The number of benzene rings is 3. The molecule has 3 fully saturated rings. The molecule has 0 spiro atoms. The zero-order valence-corrected chi connectivity index (χ0v) is 19.2. The van der Waals surface area contributed by atoms with Crippen LogP contribution in [0.3, 0.4) is 0 Å². The molecule has 166 valence electrons. The van der Waals surface area contributed by atoms with Crippen LogP contribution in [0.5, 0.6) is 0 Å². The Bertz CT molecular complexity index is 1060. The highest BCUT2D eigenvalue weighted by Crippen LogP contribution is 2.42. The molecule has 3 aliphatic heterocycles. The minimum absolute atomic E-state index is 0.221. The third kappa shape index (κ3) is 3.95. The summed E-state index contributed by atoms with van der Waals surface area (Å²) in [6.07, 6.45) is 6.19. The molecule has 3 heteroatoms. The van der Waals surface area contributed by atoms with E-state index in [9.17, 15) is 4.79 Å². The summed E-state index contributed by atoms with van der Waals surface area (Å²) in [4.78, 5) is 16.4. The minimum atomic E-state index is 0.221. The first-order valence-electron chi connectivity index (χ1n) is 12.4. The van der Waals surface area contributed by atoms with Gasteiger partial charge in [-0.25, -0.2) is 0 Å². The summed E-state index contributed by atoms with van der Waals surface area (Å²) in [6.45, 7) is 6.49. The van der Waals surface area contributed by atoms with Gasteiger partial charge in [0.2, 0.25) is 0 Å². The van der Waals surface area contributed by atoms with Crippen LogP contribution in [0.25, 0.3) is 10.8 Å². The average Bonchev–Trinajstić information content (AvgIpc) is 2.85. The number of unbranched alkanes of at least 4 members (excludes halogenated alkanes) is 1. The minimum Gasteiger partial charge on any atom is -0.300 e. The van der Waals surface area contributed by atoms with E-state index in [1.165, 1.54) is 31.5 Å². The van der Waals surface area contributed by atoms with Crippen molar-refractivity contribution in [2.75, 3.05) is 19.6 Å². The van der Waals surface area contributed by atoms with Gasteiger partial charge in [0.1, 0.15) is 6.54 Å². The van der Waals surface area contributed by atoms with E-state index in [2.05, 4.69) is 66.4 Å². The van der Waals surface area contributed by atoms with Crippen molar-refractivity contribution < 1.29 is 9.28 Å². The predicted molar refractivity (Wildman–Crippen MR) is 131 cm³/mol.